The van der Waals surface area contributed by atoms with Crippen LogP contribution in [0.4, 0.5) is 5.82 Å². The summed E-state index contributed by atoms with van der Waals surface area (Å²) in [6.07, 6.45) is 0. The van der Waals surface area contributed by atoms with Crippen molar-refractivity contribution in [2.75, 3.05) is 5.73 Å². The number of carbonyl (C=O) groups is 1. The first-order chi connectivity index (χ1) is 8.08. The Bertz CT molecular complexity index is 523. The highest BCUT2D eigenvalue weighted by atomic mass is 16.5. The van der Waals surface area contributed by atoms with E-state index in [9.17, 15) is 4.79 Å². The van der Waals surface area contributed by atoms with Gasteiger partial charge in [-0.1, -0.05) is 5.16 Å². The lowest BCUT2D eigenvalue weighted by Gasteiger charge is -2.02. The highest BCUT2D eigenvalue weighted by Gasteiger charge is 2.12. The average molecular weight is 235 g/mol. The van der Waals surface area contributed by atoms with Crippen LogP contribution in [0.3, 0.4) is 0 Å². The molecule has 0 aliphatic carbocycles. The monoisotopic (exact) mass is 235 g/mol. The number of nitrogens with two attached hydrogens (primary N) is 1. The van der Waals surface area contributed by atoms with Crippen molar-refractivity contribution in [1.82, 2.24) is 20.7 Å². The molecule has 0 atom stereocenters. The zero-order chi connectivity index (χ0) is 12.4. The Balaban J connectivity index is 2.02. The van der Waals surface area contributed by atoms with E-state index in [1.807, 2.05) is 6.92 Å². The van der Waals surface area contributed by atoms with Crippen LogP contribution in [0.1, 0.15) is 27.5 Å². The summed E-state index contributed by atoms with van der Waals surface area (Å²) in [5.74, 6) is 0.716. The van der Waals surface area contributed by atoms with E-state index in [-0.39, 0.29) is 11.7 Å². The zero-order valence-corrected chi connectivity index (χ0v) is 9.57. The topological polar surface area (TPSA) is 110 Å². The number of aryl methyl sites for hydroxylation is 2. The van der Waals surface area contributed by atoms with Gasteiger partial charge in [0.05, 0.1) is 5.69 Å². The van der Waals surface area contributed by atoms with Gasteiger partial charge in [0.2, 0.25) is 0 Å². The third-order valence-corrected chi connectivity index (χ3v) is 2.45. The molecule has 2 aromatic rings. The Morgan fingerprint density at radius 3 is 2.88 bits per heavy atom. The SMILES string of the molecule is Cc1noc(C)c1CNC(=O)c1cc(N)n[nH]1. The molecule has 0 spiro atoms. The highest BCUT2D eigenvalue weighted by molar-refractivity contribution is 5.92. The number of rotatable bonds is 3. The number of nitrogen functional groups attached to an aromatic ring is 1. The molecule has 4 N–H and O–H groups in total. The summed E-state index contributed by atoms with van der Waals surface area (Å²) < 4.78 is 5.00. The predicted octanol–water partition coefficient (Wildman–Crippen LogP) is 0.527. The van der Waals surface area contributed by atoms with E-state index in [0.29, 0.717) is 18.0 Å². The fourth-order valence-electron chi connectivity index (χ4n) is 1.47. The second-order valence-corrected chi connectivity index (χ2v) is 3.69. The molecule has 7 heteroatoms. The van der Waals surface area contributed by atoms with E-state index >= 15 is 0 Å². The van der Waals surface area contributed by atoms with Gasteiger partial charge in [0.25, 0.3) is 5.91 Å². The summed E-state index contributed by atoms with van der Waals surface area (Å²) >= 11 is 0. The van der Waals surface area contributed by atoms with Crippen LogP contribution >= 0.6 is 0 Å². The summed E-state index contributed by atoms with van der Waals surface area (Å²) in [6.45, 7) is 3.99. The van der Waals surface area contributed by atoms with Crippen LogP contribution in [0.2, 0.25) is 0 Å². The quantitative estimate of drug-likeness (QED) is 0.718. The van der Waals surface area contributed by atoms with Crippen LogP contribution in [0, 0.1) is 13.8 Å². The molecule has 0 aromatic carbocycles. The van der Waals surface area contributed by atoms with Crippen molar-refractivity contribution in [3.05, 3.63) is 28.8 Å². The van der Waals surface area contributed by atoms with Crippen molar-refractivity contribution >= 4 is 11.7 Å². The molecule has 0 bridgehead atoms. The number of nitrogens with one attached hydrogen (secondary N) is 2. The van der Waals surface area contributed by atoms with Crippen LogP contribution in [-0.4, -0.2) is 21.3 Å². The maximum atomic E-state index is 11.7. The number of amides is 1. The third-order valence-electron chi connectivity index (χ3n) is 2.45. The molecule has 0 saturated carbocycles. The van der Waals surface area contributed by atoms with Crippen LogP contribution in [0.15, 0.2) is 10.6 Å². The van der Waals surface area contributed by atoms with Crippen molar-refractivity contribution in [3.63, 3.8) is 0 Å². The Hall–Kier alpha value is -2.31. The van der Waals surface area contributed by atoms with Crippen molar-refractivity contribution in [2.24, 2.45) is 0 Å². The summed E-state index contributed by atoms with van der Waals surface area (Å²) in [5.41, 5.74) is 7.39. The molecule has 0 radical (unpaired) electrons. The Kier molecular flexibility index (Phi) is 2.82. The van der Waals surface area contributed by atoms with Crippen LogP contribution < -0.4 is 11.1 Å². The standard InChI is InChI=1S/C10H13N5O2/c1-5-7(6(2)17-15-5)4-12-10(16)8-3-9(11)14-13-8/h3H,4H2,1-2H3,(H,12,16)(H3,11,13,14). The van der Waals surface area contributed by atoms with Gasteiger partial charge in [-0.3, -0.25) is 9.89 Å². The molecule has 0 unspecified atom stereocenters. The van der Waals surface area contributed by atoms with Gasteiger partial charge in [-0.25, -0.2) is 0 Å². The van der Waals surface area contributed by atoms with Gasteiger partial charge in [-0.15, -0.1) is 0 Å². The van der Waals surface area contributed by atoms with E-state index in [1.54, 1.807) is 6.92 Å². The van der Waals surface area contributed by atoms with Crippen molar-refractivity contribution < 1.29 is 9.32 Å². The fourth-order valence-corrected chi connectivity index (χ4v) is 1.47. The van der Waals surface area contributed by atoms with Crippen LogP contribution in [-0.2, 0) is 6.54 Å². The maximum Gasteiger partial charge on any atom is 0.269 e. The molecule has 2 rings (SSSR count). The van der Waals surface area contributed by atoms with Gasteiger partial charge in [0.15, 0.2) is 0 Å². The largest absolute Gasteiger partial charge is 0.382 e. The molecule has 17 heavy (non-hydrogen) atoms. The Labute approximate surface area is 97.4 Å². The molecule has 0 aliphatic rings. The number of anilines is 1. The number of aromatic amines is 1. The molecule has 90 valence electrons. The minimum atomic E-state index is -0.269. The molecule has 7 nitrogen and oxygen atoms in total. The molecule has 1 amide bonds. The Morgan fingerprint density at radius 2 is 2.35 bits per heavy atom. The van der Waals surface area contributed by atoms with Crippen molar-refractivity contribution in [1.29, 1.82) is 0 Å². The predicted molar refractivity (Wildman–Crippen MR) is 60.1 cm³/mol. The van der Waals surface area contributed by atoms with Gasteiger partial charge in [0.1, 0.15) is 17.3 Å². The van der Waals surface area contributed by atoms with Gasteiger partial charge >= 0.3 is 0 Å². The number of H-pyrrole nitrogens is 1. The van der Waals surface area contributed by atoms with E-state index in [2.05, 4.69) is 20.7 Å². The lowest BCUT2D eigenvalue weighted by Crippen LogP contribution is -2.23. The van der Waals surface area contributed by atoms with E-state index in [0.717, 1.165) is 11.3 Å². The number of hydrogen-bond acceptors (Lipinski definition) is 5. The summed E-state index contributed by atoms with van der Waals surface area (Å²) in [4.78, 5) is 11.7. The molecular formula is C10H13N5O2. The summed E-state index contributed by atoms with van der Waals surface area (Å²) in [6, 6.07) is 1.47. The van der Waals surface area contributed by atoms with Gasteiger partial charge < -0.3 is 15.6 Å². The minimum absolute atomic E-state index is 0.269. The second-order valence-electron chi connectivity index (χ2n) is 3.69. The lowest BCUT2D eigenvalue weighted by atomic mass is 10.2. The van der Waals surface area contributed by atoms with Gasteiger partial charge in [-0.05, 0) is 13.8 Å². The molecule has 2 aromatic heterocycles. The first kappa shape index (κ1) is 11.2. The maximum absolute atomic E-state index is 11.7. The molecule has 2 heterocycles. The highest BCUT2D eigenvalue weighted by Crippen LogP contribution is 2.11. The first-order valence-corrected chi connectivity index (χ1v) is 5.08. The lowest BCUT2D eigenvalue weighted by molar-refractivity contribution is 0.0946. The third kappa shape index (κ3) is 2.27. The number of aromatic nitrogens is 3. The first-order valence-electron chi connectivity index (χ1n) is 5.08. The Morgan fingerprint density at radius 1 is 1.59 bits per heavy atom. The summed E-state index contributed by atoms with van der Waals surface area (Å²) in [5, 5.41) is 12.8. The fraction of sp³-hybridized carbons (Fsp3) is 0.300. The minimum Gasteiger partial charge on any atom is -0.382 e. The molecule has 0 saturated heterocycles. The van der Waals surface area contributed by atoms with Crippen LogP contribution in [0.5, 0.6) is 0 Å². The number of nitrogens with zero attached hydrogens (tertiary/aromatic N) is 2. The normalized spacial score (nSPS) is 10.5. The van der Waals surface area contributed by atoms with E-state index in [1.165, 1.54) is 6.07 Å². The van der Waals surface area contributed by atoms with Crippen molar-refractivity contribution in [2.45, 2.75) is 20.4 Å². The summed E-state index contributed by atoms with van der Waals surface area (Å²) in [7, 11) is 0. The van der Waals surface area contributed by atoms with Gasteiger partial charge in [-0.2, -0.15) is 5.10 Å². The molecular weight excluding hydrogens is 222 g/mol. The van der Waals surface area contributed by atoms with E-state index < -0.39 is 0 Å². The molecule has 0 aliphatic heterocycles. The van der Waals surface area contributed by atoms with Crippen molar-refractivity contribution in [3.8, 4) is 0 Å². The number of carbonyl (C=O) groups excluding carboxylic acids is 1. The van der Waals surface area contributed by atoms with Crippen LogP contribution in [0.25, 0.3) is 0 Å². The second kappa shape index (κ2) is 4.28. The van der Waals surface area contributed by atoms with E-state index in [4.69, 9.17) is 10.3 Å². The smallest absolute Gasteiger partial charge is 0.269 e. The molecule has 0 fully saturated rings. The number of hydrogen-bond donors (Lipinski definition) is 3. The van der Waals surface area contributed by atoms with Gasteiger partial charge in [0, 0.05) is 18.2 Å². The average Bonchev–Trinajstić information content (AvgIpc) is 2.84. The zero-order valence-electron chi connectivity index (χ0n) is 9.57.